The van der Waals surface area contributed by atoms with Crippen LogP contribution in [0.5, 0.6) is 0 Å². The summed E-state index contributed by atoms with van der Waals surface area (Å²) in [4.78, 5) is 47.0. The molecule has 7 nitrogen and oxygen atoms in total. The molecule has 0 aromatic carbocycles. The van der Waals surface area contributed by atoms with Gasteiger partial charge >= 0.3 is 11.9 Å². The summed E-state index contributed by atoms with van der Waals surface area (Å²) < 4.78 is 0. The number of carboxylic acids is 1. The van der Waals surface area contributed by atoms with Gasteiger partial charge in [0.15, 0.2) is 0 Å². The summed E-state index contributed by atoms with van der Waals surface area (Å²) in [5.41, 5.74) is 0. The molecule has 0 saturated carbocycles. The summed E-state index contributed by atoms with van der Waals surface area (Å²) >= 11 is 0. The molecule has 0 unspecified atom stereocenters. The highest BCUT2D eigenvalue weighted by atomic mass is 16.7. The maximum absolute atomic E-state index is 11.0. The Labute approximate surface area is 141 Å². The van der Waals surface area contributed by atoms with E-state index < -0.39 is 23.8 Å². The molecule has 1 saturated heterocycles. The molecule has 1 rings (SSSR count). The van der Waals surface area contributed by atoms with E-state index in [0.717, 1.165) is 6.42 Å². The number of nitrogens with zero attached hydrogens (tertiary/aromatic N) is 1. The first-order valence-corrected chi connectivity index (χ1v) is 6.20. The van der Waals surface area contributed by atoms with E-state index in [4.69, 9.17) is 5.11 Å². The summed E-state index contributed by atoms with van der Waals surface area (Å²) in [6.07, 6.45) is 2.15. The minimum Gasteiger partial charge on any atom is -0.481 e. The van der Waals surface area contributed by atoms with Crippen molar-refractivity contribution in [1.82, 2.24) is 5.06 Å². The third kappa shape index (κ3) is 14.8. The highest BCUT2D eigenvalue weighted by Gasteiger charge is 2.32. The van der Waals surface area contributed by atoms with E-state index in [0.29, 0.717) is 17.9 Å². The van der Waals surface area contributed by atoms with Crippen molar-refractivity contribution >= 4 is 23.8 Å². The Hall–Kier alpha value is -1.92. The number of hydrogen-bond donors (Lipinski definition) is 1. The van der Waals surface area contributed by atoms with Gasteiger partial charge in [-0.3, -0.25) is 14.4 Å². The molecule has 0 aliphatic carbocycles. The van der Waals surface area contributed by atoms with Crippen LogP contribution in [-0.2, 0) is 24.0 Å². The molecule has 140 valence electrons. The van der Waals surface area contributed by atoms with Crippen LogP contribution >= 0.6 is 0 Å². The topological polar surface area (TPSA) is 101 Å². The predicted molar refractivity (Wildman–Crippen MR) is 91.6 cm³/mol. The maximum Gasteiger partial charge on any atom is 0.333 e. The van der Waals surface area contributed by atoms with Crippen molar-refractivity contribution in [2.24, 2.45) is 0 Å². The van der Waals surface area contributed by atoms with Gasteiger partial charge in [0.25, 0.3) is 11.8 Å². The molecule has 1 heterocycles. The van der Waals surface area contributed by atoms with Gasteiger partial charge in [0.1, 0.15) is 0 Å². The fourth-order valence-electron chi connectivity index (χ4n) is 1.22. The van der Waals surface area contributed by atoms with Crippen LogP contribution in [0.15, 0.2) is 0 Å². The molecule has 0 spiro atoms. The van der Waals surface area contributed by atoms with Gasteiger partial charge in [-0.1, -0.05) is 43.6 Å². The van der Waals surface area contributed by atoms with Crippen molar-refractivity contribution < 1.29 is 29.1 Å². The maximum atomic E-state index is 11.0. The summed E-state index contributed by atoms with van der Waals surface area (Å²) in [6, 6.07) is 0. The SMILES string of the molecule is C.C.C.C.CCCC(=O)O.CCCC(=O)ON1C(=O)CCC1=O. The second-order valence-corrected chi connectivity index (χ2v) is 3.94. The molecule has 0 aromatic heterocycles. The van der Waals surface area contributed by atoms with Crippen molar-refractivity contribution in [3.63, 3.8) is 0 Å². The summed E-state index contributed by atoms with van der Waals surface area (Å²) in [5.74, 6) is -2.12. The molecule has 0 atom stereocenters. The number of carbonyl (C=O) groups is 4. The third-order valence-electron chi connectivity index (χ3n) is 2.12. The first kappa shape index (κ1) is 32.9. The Morgan fingerprint density at radius 1 is 0.957 bits per heavy atom. The van der Waals surface area contributed by atoms with Crippen LogP contribution in [0, 0.1) is 0 Å². The van der Waals surface area contributed by atoms with Crippen LogP contribution in [0.3, 0.4) is 0 Å². The van der Waals surface area contributed by atoms with Gasteiger partial charge in [-0.2, -0.15) is 0 Å². The van der Waals surface area contributed by atoms with Crippen molar-refractivity contribution in [3.8, 4) is 0 Å². The second kappa shape index (κ2) is 18.1. The van der Waals surface area contributed by atoms with Crippen molar-refractivity contribution in [2.75, 3.05) is 0 Å². The van der Waals surface area contributed by atoms with E-state index in [1.54, 1.807) is 0 Å². The Bertz CT molecular complexity index is 338. The van der Waals surface area contributed by atoms with E-state index in [2.05, 4.69) is 4.84 Å². The second-order valence-electron chi connectivity index (χ2n) is 3.94. The molecule has 1 aliphatic rings. The number of amides is 2. The van der Waals surface area contributed by atoms with Crippen molar-refractivity contribution in [3.05, 3.63) is 0 Å². The van der Waals surface area contributed by atoms with Gasteiger partial charge < -0.3 is 9.94 Å². The van der Waals surface area contributed by atoms with Gasteiger partial charge in [0, 0.05) is 25.7 Å². The van der Waals surface area contributed by atoms with Crippen LogP contribution in [0.25, 0.3) is 0 Å². The Morgan fingerprint density at radius 2 is 1.35 bits per heavy atom. The van der Waals surface area contributed by atoms with Gasteiger partial charge in [-0.25, -0.2) is 4.79 Å². The van der Waals surface area contributed by atoms with Crippen LogP contribution in [0.2, 0.25) is 0 Å². The van der Waals surface area contributed by atoms with Crippen LogP contribution in [0.4, 0.5) is 0 Å². The third-order valence-corrected chi connectivity index (χ3v) is 2.12. The lowest BCUT2D eigenvalue weighted by atomic mass is 10.3. The smallest absolute Gasteiger partial charge is 0.333 e. The number of imide groups is 1. The molecule has 23 heavy (non-hydrogen) atoms. The van der Waals surface area contributed by atoms with E-state index in [1.807, 2.05) is 13.8 Å². The van der Waals surface area contributed by atoms with Crippen molar-refractivity contribution in [1.29, 1.82) is 0 Å². The number of carboxylic acid groups (broad SMARTS) is 1. The highest BCUT2D eigenvalue weighted by Crippen LogP contribution is 2.12. The first-order chi connectivity index (χ1) is 8.92. The molecule has 0 bridgehead atoms. The zero-order valence-corrected chi connectivity index (χ0v) is 11.2. The molecule has 0 aromatic rings. The Morgan fingerprint density at radius 3 is 1.61 bits per heavy atom. The summed E-state index contributed by atoms with van der Waals surface area (Å²) in [7, 11) is 0. The molecule has 2 amide bonds. The zero-order valence-electron chi connectivity index (χ0n) is 11.2. The minimum absolute atomic E-state index is 0. The Balaban J connectivity index is -0.0000000956. The molecule has 1 N–H and O–H groups in total. The average molecular weight is 337 g/mol. The van der Waals surface area contributed by atoms with Gasteiger partial charge in [0.05, 0.1) is 0 Å². The van der Waals surface area contributed by atoms with Crippen LogP contribution in [-0.4, -0.2) is 33.9 Å². The molecule has 1 aliphatic heterocycles. The average Bonchev–Trinajstić information content (AvgIpc) is 2.62. The lowest BCUT2D eigenvalue weighted by Gasteiger charge is -2.11. The van der Waals surface area contributed by atoms with E-state index in [1.165, 1.54) is 0 Å². The van der Waals surface area contributed by atoms with Gasteiger partial charge in [-0.15, -0.1) is 5.06 Å². The highest BCUT2D eigenvalue weighted by molar-refractivity contribution is 6.01. The molecule has 0 radical (unpaired) electrons. The monoisotopic (exact) mass is 337 g/mol. The molecular weight excluding hydrogens is 302 g/mol. The van der Waals surface area contributed by atoms with E-state index in [-0.39, 0.29) is 49.0 Å². The van der Waals surface area contributed by atoms with Gasteiger partial charge in [-0.05, 0) is 12.8 Å². The Kier molecular flexibility index (Phi) is 25.9. The fourth-order valence-corrected chi connectivity index (χ4v) is 1.22. The van der Waals surface area contributed by atoms with Crippen LogP contribution < -0.4 is 0 Å². The quantitative estimate of drug-likeness (QED) is 0.765. The van der Waals surface area contributed by atoms with E-state index in [9.17, 15) is 19.2 Å². The number of hydroxylamine groups is 2. The van der Waals surface area contributed by atoms with Crippen molar-refractivity contribution in [2.45, 2.75) is 82.1 Å². The lowest BCUT2D eigenvalue weighted by molar-refractivity contribution is -0.197. The summed E-state index contributed by atoms with van der Waals surface area (Å²) in [5, 5.41) is 8.48. The van der Waals surface area contributed by atoms with Crippen LogP contribution in [0.1, 0.15) is 82.1 Å². The largest absolute Gasteiger partial charge is 0.481 e. The normalized spacial score (nSPS) is 11.5. The fraction of sp³-hybridized carbons (Fsp3) is 0.750. The number of carbonyl (C=O) groups excluding carboxylic acids is 3. The van der Waals surface area contributed by atoms with E-state index >= 15 is 0 Å². The number of hydrogen-bond acceptors (Lipinski definition) is 5. The predicted octanol–water partition coefficient (Wildman–Crippen LogP) is 3.81. The number of rotatable bonds is 5. The molecule has 7 heteroatoms. The first-order valence-electron chi connectivity index (χ1n) is 6.20. The lowest BCUT2D eigenvalue weighted by Crippen LogP contribution is -2.31. The standard InChI is InChI=1S/C8H11NO4.C4H8O2.4CH4/c1-2-3-8(12)13-9-6(10)4-5-7(9)11;1-2-3-4(5)6;;;;/h2-5H2,1H3;2-3H2,1H3,(H,5,6);4*1H4. The summed E-state index contributed by atoms with van der Waals surface area (Å²) in [6.45, 7) is 3.66. The number of aliphatic carboxylic acids is 1. The molecular formula is C16H35NO6. The minimum atomic E-state index is -0.711. The van der Waals surface area contributed by atoms with Gasteiger partial charge in [0.2, 0.25) is 0 Å². The molecule has 1 fully saturated rings. The zero-order chi connectivity index (χ0) is 14.8.